The molecule has 0 saturated carbocycles. The molecule has 0 radical (unpaired) electrons. The molecule has 1 aromatic carbocycles. The van der Waals surface area contributed by atoms with Crippen LogP contribution in [0.25, 0.3) is 49.9 Å². The van der Waals surface area contributed by atoms with Crippen molar-refractivity contribution in [3.63, 3.8) is 0 Å². The highest BCUT2D eigenvalue weighted by Gasteiger charge is 2.20. The minimum absolute atomic E-state index is 0.243. The van der Waals surface area contributed by atoms with Crippen LogP contribution in [0.5, 0.6) is 0 Å². The lowest BCUT2D eigenvalue weighted by Crippen LogP contribution is -2.29. The van der Waals surface area contributed by atoms with Crippen LogP contribution in [0.15, 0.2) is 76.7 Å². The minimum atomic E-state index is -0.682. The Morgan fingerprint density at radius 1 is 1.00 bits per heavy atom. The molecule has 174 valence electrons. The molecular formula is C27H19N7O2. The molecule has 0 unspecified atom stereocenters. The second-order valence-electron chi connectivity index (χ2n) is 9.10. The maximum absolute atomic E-state index is 13.1. The standard InChI is InChI=1S/C27H19N7O2/c1-27(2,14-28)17-3-5-18(6-4-17)34-23-19(25(35)33-26(34)36)13-30-21-8-7-20(32-22(21)23)16-11-15-9-10-29-24(15)31-12-16/h3-13H,1-2H3,(H,29,31)(H,33,35,36). The van der Waals surface area contributed by atoms with E-state index in [1.165, 1.54) is 10.8 Å². The van der Waals surface area contributed by atoms with E-state index in [2.05, 4.69) is 26.0 Å². The van der Waals surface area contributed by atoms with E-state index in [4.69, 9.17) is 4.98 Å². The highest BCUT2D eigenvalue weighted by Crippen LogP contribution is 2.28. The summed E-state index contributed by atoms with van der Waals surface area (Å²) in [7, 11) is 0. The van der Waals surface area contributed by atoms with Crippen LogP contribution in [0.3, 0.4) is 0 Å². The number of hydrogen-bond acceptors (Lipinski definition) is 6. The van der Waals surface area contributed by atoms with E-state index in [1.807, 2.05) is 56.4 Å². The van der Waals surface area contributed by atoms with Gasteiger partial charge in [0.2, 0.25) is 0 Å². The normalized spacial score (nSPS) is 11.8. The summed E-state index contributed by atoms with van der Waals surface area (Å²) in [6.07, 6.45) is 5.00. The molecular weight excluding hydrogens is 454 g/mol. The van der Waals surface area contributed by atoms with Crippen molar-refractivity contribution in [2.24, 2.45) is 0 Å². The van der Waals surface area contributed by atoms with Gasteiger partial charge in [-0.2, -0.15) is 5.26 Å². The molecule has 0 spiro atoms. The minimum Gasteiger partial charge on any atom is -0.346 e. The second kappa shape index (κ2) is 7.71. The van der Waals surface area contributed by atoms with Gasteiger partial charge in [0.15, 0.2) is 0 Å². The maximum atomic E-state index is 13.1. The lowest BCUT2D eigenvalue weighted by atomic mass is 9.86. The molecule has 0 aliphatic rings. The molecule has 0 aliphatic carbocycles. The topological polar surface area (TPSA) is 133 Å². The number of fused-ring (bicyclic) bond motifs is 4. The van der Waals surface area contributed by atoms with E-state index in [0.717, 1.165) is 22.2 Å². The van der Waals surface area contributed by atoms with Gasteiger partial charge in [-0.15, -0.1) is 0 Å². The molecule has 5 heterocycles. The lowest BCUT2D eigenvalue weighted by Gasteiger charge is -2.17. The molecule has 0 bridgehead atoms. The highest BCUT2D eigenvalue weighted by atomic mass is 16.2. The van der Waals surface area contributed by atoms with Crippen LogP contribution in [-0.4, -0.2) is 29.5 Å². The van der Waals surface area contributed by atoms with E-state index < -0.39 is 16.7 Å². The zero-order chi connectivity index (χ0) is 25.0. The van der Waals surface area contributed by atoms with Crippen LogP contribution in [0, 0.1) is 11.3 Å². The van der Waals surface area contributed by atoms with Gasteiger partial charge in [0.25, 0.3) is 5.56 Å². The Labute approximate surface area is 203 Å². The molecule has 5 aromatic heterocycles. The molecule has 6 aromatic rings. The average molecular weight is 473 g/mol. The Morgan fingerprint density at radius 3 is 2.58 bits per heavy atom. The summed E-state index contributed by atoms with van der Waals surface area (Å²) < 4.78 is 1.42. The summed E-state index contributed by atoms with van der Waals surface area (Å²) in [5, 5.41) is 10.7. The van der Waals surface area contributed by atoms with Crippen LogP contribution in [0.4, 0.5) is 0 Å². The van der Waals surface area contributed by atoms with Crippen molar-refractivity contribution in [1.82, 2.24) is 29.5 Å². The third-order valence-corrected chi connectivity index (χ3v) is 6.40. The van der Waals surface area contributed by atoms with Crippen molar-refractivity contribution in [2.75, 3.05) is 0 Å². The maximum Gasteiger partial charge on any atom is 0.333 e. The highest BCUT2D eigenvalue weighted by molar-refractivity contribution is 6.01. The number of benzene rings is 1. The number of aromatic amines is 2. The first kappa shape index (κ1) is 21.4. The van der Waals surface area contributed by atoms with Crippen molar-refractivity contribution in [1.29, 1.82) is 5.26 Å². The second-order valence-corrected chi connectivity index (χ2v) is 9.10. The molecule has 0 aliphatic heterocycles. The van der Waals surface area contributed by atoms with Gasteiger partial charge in [-0.3, -0.25) is 19.3 Å². The molecule has 6 rings (SSSR count). The summed E-state index contributed by atoms with van der Waals surface area (Å²) in [6, 6.07) is 17.0. The molecule has 0 amide bonds. The Kier molecular flexibility index (Phi) is 4.59. The first-order valence-corrected chi connectivity index (χ1v) is 11.3. The third kappa shape index (κ3) is 3.27. The van der Waals surface area contributed by atoms with Gasteiger partial charge in [0, 0.05) is 29.5 Å². The fourth-order valence-corrected chi connectivity index (χ4v) is 4.35. The summed E-state index contributed by atoms with van der Waals surface area (Å²) in [5.41, 5.74) is 3.07. The molecule has 0 atom stereocenters. The Morgan fingerprint density at radius 2 is 1.81 bits per heavy atom. The van der Waals surface area contributed by atoms with E-state index in [9.17, 15) is 14.9 Å². The molecule has 0 fully saturated rings. The molecule has 2 N–H and O–H groups in total. The zero-order valence-electron chi connectivity index (χ0n) is 19.4. The van der Waals surface area contributed by atoms with E-state index in [0.29, 0.717) is 27.9 Å². The summed E-state index contributed by atoms with van der Waals surface area (Å²) in [4.78, 5) is 45.0. The number of hydrogen-bond donors (Lipinski definition) is 2. The van der Waals surface area contributed by atoms with Gasteiger partial charge in [-0.05, 0) is 55.8 Å². The number of pyridine rings is 3. The van der Waals surface area contributed by atoms with Crippen LogP contribution >= 0.6 is 0 Å². The number of nitrogens with one attached hydrogen (secondary N) is 2. The number of aromatic nitrogens is 6. The summed E-state index contributed by atoms with van der Waals surface area (Å²) >= 11 is 0. The monoisotopic (exact) mass is 473 g/mol. The lowest BCUT2D eigenvalue weighted by molar-refractivity contribution is 0.686. The number of nitrogens with zero attached hydrogens (tertiary/aromatic N) is 5. The molecule has 9 heteroatoms. The van der Waals surface area contributed by atoms with Crippen LogP contribution < -0.4 is 11.2 Å². The molecule has 0 saturated heterocycles. The fraction of sp³-hybridized carbons (Fsp3) is 0.111. The Bertz CT molecular complexity index is 1970. The summed E-state index contributed by atoms with van der Waals surface area (Å²) in [5.74, 6) is 0. The first-order valence-electron chi connectivity index (χ1n) is 11.3. The Balaban J connectivity index is 1.64. The quantitative estimate of drug-likeness (QED) is 0.374. The van der Waals surface area contributed by atoms with Gasteiger partial charge in [0.05, 0.1) is 39.3 Å². The predicted octanol–water partition coefficient (Wildman–Crippen LogP) is 3.97. The van der Waals surface area contributed by atoms with Crippen LogP contribution in [-0.2, 0) is 5.41 Å². The van der Waals surface area contributed by atoms with E-state index >= 15 is 0 Å². The fourth-order valence-electron chi connectivity index (χ4n) is 4.35. The van der Waals surface area contributed by atoms with Crippen molar-refractivity contribution < 1.29 is 0 Å². The number of rotatable bonds is 3. The number of H-pyrrole nitrogens is 2. The average Bonchev–Trinajstić information content (AvgIpc) is 3.36. The van der Waals surface area contributed by atoms with Gasteiger partial charge in [0.1, 0.15) is 11.2 Å². The molecule has 36 heavy (non-hydrogen) atoms. The largest absolute Gasteiger partial charge is 0.346 e. The van der Waals surface area contributed by atoms with Gasteiger partial charge < -0.3 is 4.98 Å². The zero-order valence-corrected chi connectivity index (χ0v) is 19.4. The van der Waals surface area contributed by atoms with Gasteiger partial charge in [-0.25, -0.2) is 14.8 Å². The van der Waals surface area contributed by atoms with Gasteiger partial charge >= 0.3 is 5.69 Å². The number of nitriles is 1. The van der Waals surface area contributed by atoms with E-state index in [-0.39, 0.29) is 5.39 Å². The van der Waals surface area contributed by atoms with Gasteiger partial charge in [-0.1, -0.05) is 12.1 Å². The Hall–Kier alpha value is -5.10. The molecule has 9 nitrogen and oxygen atoms in total. The third-order valence-electron chi connectivity index (χ3n) is 6.40. The van der Waals surface area contributed by atoms with E-state index in [1.54, 1.807) is 18.3 Å². The van der Waals surface area contributed by atoms with Crippen LogP contribution in [0.1, 0.15) is 19.4 Å². The smallest absolute Gasteiger partial charge is 0.333 e. The summed E-state index contributed by atoms with van der Waals surface area (Å²) in [6.45, 7) is 3.65. The van der Waals surface area contributed by atoms with Crippen molar-refractivity contribution in [3.05, 3.63) is 93.5 Å². The van der Waals surface area contributed by atoms with Crippen molar-refractivity contribution in [2.45, 2.75) is 19.3 Å². The van der Waals surface area contributed by atoms with Crippen LogP contribution in [0.2, 0.25) is 0 Å². The first-order chi connectivity index (χ1) is 17.4. The predicted molar refractivity (Wildman–Crippen MR) is 137 cm³/mol. The SMILES string of the molecule is CC(C)(C#N)c1ccc(-n2c(=O)[nH]c(=O)c3cnc4ccc(-c5cnc6[nH]ccc6c5)nc4c32)cc1. The van der Waals surface area contributed by atoms with Crippen molar-refractivity contribution in [3.8, 4) is 23.0 Å². The van der Waals surface area contributed by atoms with Crippen molar-refractivity contribution >= 4 is 33.0 Å².